The van der Waals surface area contributed by atoms with Crippen molar-refractivity contribution in [2.24, 2.45) is 0 Å². The molecule has 76 valence electrons. The lowest BCUT2D eigenvalue weighted by Crippen LogP contribution is -2.18. The predicted molar refractivity (Wildman–Crippen MR) is 62.1 cm³/mol. The number of fused-ring (bicyclic) bond motifs is 1. The molecular weight excluding hydrogens is 186 g/mol. The molecule has 0 radical (unpaired) electrons. The van der Waals surface area contributed by atoms with Gasteiger partial charge in [0, 0.05) is 18.8 Å². The highest BCUT2D eigenvalue weighted by molar-refractivity contribution is 5.74. The smallest absolute Gasteiger partial charge is 0.123 e. The van der Waals surface area contributed by atoms with Crippen LogP contribution < -0.4 is 16.0 Å². The van der Waals surface area contributed by atoms with Crippen LogP contribution in [0.1, 0.15) is 5.56 Å². The molecule has 1 aromatic carbocycles. The van der Waals surface area contributed by atoms with Gasteiger partial charge in [-0.1, -0.05) is 24.3 Å². The van der Waals surface area contributed by atoms with Gasteiger partial charge >= 0.3 is 0 Å². The molecule has 1 saturated heterocycles. The Morgan fingerprint density at radius 3 is 2.60 bits per heavy atom. The molecule has 0 amide bonds. The van der Waals surface area contributed by atoms with E-state index in [1.54, 1.807) is 0 Å². The van der Waals surface area contributed by atoms with Crippen LogP contribution in [0.3, 0.4) is 0 Å². The molecule has 15 heavy (non-hydrogen) atoms. The molecule has 2 aliphatic heterocycles. The van der Waals surface area contributed by atoms with Gasteiger partial charge in [-0.25, -0.2) is 0 Å². The minimum atomic E-state index is 0.996. The first-order chi connectivity index (χ1) is 7.43. The fraction of sp³-hybridized carbons (Fsp3) is 0.167. The standard InChI is InChI=1S/C12H13N3/c1-2-4-10-9(3-1)5-6-11(15-10)12-13-7-8-14-12/h1-6,13-15H,7-8H2. The first-order valence-corrected chi connectivity index (χ1v) is 5.20. The zero-order valence-corrected chi connectivity index (χ0v) is 8.38. The molecule has 1 fully saturated rings. The molecule has 0 saturated carbocycles. The van der Waals surface area contributed by atoms with Gasteiger partial charge in [-0.05, 0) is 17.7 Å². The Morgan fingerprint density at radius 2 is 1.73 bits per heavy atom. The van der Waals surface area contributed by atoms with E-state index in [9.17, 15) is 0 Å². The monoisotopic (exact) mass is 199 g/mol. The van der Waals surface area contributed by atoms with Crippen LogP contribution in [0, 0.1) is 0 Å². The zero-order valence-electron chi connectivity index (χ0n) is 8.38. The third-order valence-electron chi connectivity index (χ3n) is 2.66. The number of rotatable bonds is 0. The van der Waals surface area contributed by atoms with Crippen LogP contribution in [0.2, 0.25) is 0 Å². The van der Waals surface area contributed by atoms with Crippen LogP contribution >= 0.6 is 0 Å². The van der Waals surface area contributed by atoms with Gasteiger partial charge in [-0.15, -0.1) is 0 Å². The predicted octanol–water partition coefficient (Wildman–Crippen LogP) is 1.49. The minimum absolute atomic E-state index is 0.996. The highest BCUT2D eigenvalue weighted by Gasteiger charge is 2.13. The molecule has 0 aliphatic carbocycles. The van der Waals surface area contributed by atoms with E-state index in [0.717, 1.165) is 30.3 Å². The largest absolute Gasteiger partial charge is 0.368 e. The van der Waals surface area contributed by atoms with Crippen LogP contribution in [0.5, 0.6) is 0 Å². The lowest BCUT2D eigenvalue weighted by atomic mass is 10.1. The molecule has 2 heterocycles. The van der Waals surface area contributed by atoms with Crippen molar-refractivity contribution in [2.75, 3.05) is 18.4 Å². The fourth-order valence-electron chi connectivity index (χ4n) is 1.89. The average Bonchev–Trinajstić information content (AvgIpc) is 2.82. The highest BCUT2D eigenvalue weighted by Crippen LogP contribution is 2.24. The third kappa shape index (κ3) is 1.46. The van der Waals surface area contributed by atoms with Crippen molar-refractivity contribution in [1.82, 2.24) is 10.6 Å². The molecule has 0 bridgehead atoms. The second-order valence-electron chi connectivity index (χ2n) is 3.69. The minimum Gasteiger partial charge on any atom is -0.368 e. The molecule has 0 spiro atoms. The molecule has 2 aliphatic rings. The van der Waals surface area contributed by atoms with E-state index < -0.39 is 0 Å². The maximum atomic E-state index is 3.41. The summed E-state index contributed by atoms with van der Waals surface area (Å²) in [6, 6.07) is 8.29. The summed E-state index contributed by atoms with van der Waals surface area (Å²) in [7, 11) is 0. The van der Waals surface area contributed by atoms with Gasteiger partial charge in [0.1, 0.15) is 5.82 Å². The number of benzene rings is 1. The highest BCUT2D eigenvalue weighted by atomic mass is 15.2. The zero-order chi connectivity index (χ0) is 10.1. The van der Waals surface area contributed by atoms with E-state index in [4.69, 9.17) is 0 Å². The molecule has 3 nitrogen and oxygen atoms in total. The summed E-state index contributed by atoms with van der Waals surface area (Å²) in [4.78, 5) is 0. The lowest BCUT2D eigenvalue weighted by molar-refractivity contribution is 0.933. The van der Waals surface area contributed by atoms with Crippen LogP contribution in [-0.2, 0) is 0 Å². The summed E-state index contributed by atoms with van der Waals surface area (Å²) in [5, 5.41) is 10.0. The summed E-state index contributed by atoms with van der Waals surface area (Å²) in [6.07, 6.45) is 4.23. The maximum absolute atomic E-state index is 3.41. The van der Waals surface area contributed by atoms with Crippen molar-refractivity contribution in [1.29, 1.82) is 0 Å². The van der Waals surface area contributed by atoms with Crippen molar-refractivity contribution in [3.63, 3.8) is 0 Å². The summed E-state index contributed by atoms with van der Waals surface area (Å²) >= 11 is 0. The van der Waals surface area contributed by atoms with Crippen LogP contribution in [0.4, 0.5) is 5.69 Å². The van der Waals surface area contributed by atoms with Crippen molar-refractivity contribution < 1.29 is 0 Å². The van der Waals surface area contributed by atoms with Gasteiger partial charge in [0.2, 0.25) is 0 Å². The average molecular weight is 199 g/mol. The van der Waals surface area contributed by atoms with Gasteiger partial charge in [-0.2, -0.15) is 0 Å². The Bertz CT molecular complexity index is 438. The SMILES string of the molecule is C1=Cc2ccccc2NC1=C1NCCN1. The second kappa shape index (κ2) is 3.35. The van der Waals surface area contributed by atoms with Crippen LogP contribution in [0.15, 0.2) is 41.9 Å². The van der Waals surface area contributed by atoms with Crippen molar-refractivity contribution in [2.45, 2.75) is 0 Å². The Kier molecular flexibility index (Phi) is 1.88. The summed E-state index contributed by atoms with van der Waals surface area (Å²) < 4.78 is 0. The second-order valence-corrected chi connectivity index (χ2v) is 3.69. The molecule has 3 N–H and O–H groups in total. The van der Waals surface area contributed by atoms with Gasteiger partial charge in [0.05, 0.1) is 5.70 Å². The molecule has 3 rings (SSSR count). The maximum Gasteiger partial charge on any atom is 0.123 e. The van der Waals surface area contributed by atoms with Crippen LogP contribution in [0.25, 0.3) is 6.08 Å². The quantitative estimate of drug-likeness (QED) is 0.592. The first-order valence-electron chi connectivity index (χ1n) is 5.20. The molecular formula is C12H13N3. The Morgan fingerprint density at radius 1 is 0.933 bits per heavy atom. The summed E-state index contributed by atoms with van der Waals surface area (Å²) in [6.45, 7) is 1.99. The van der Waals surface area contributed by atoms with E-state index >= 15 is 0 Å². The van der Waals surface area contributed by atoms with Gasteiger partial charge in [0.15, 0.2) is 0 Å². The van der Waals surface area contributed by atoms with E-state index in [1.165, 1.54) is 5.56 Å². The van der Waals surface area contributed by atoms with E-state index in [2.05, 4.69) is 46.3 Å². The number of hydrogen-bond donors (Lipinski definition) is 3. The molecule has 1 aromatic rings. The fourth-order valence-corrected chi connectivity index (χ4v) is 1.89. The molecule has 0 unspecified atom stereocenters. The van der Waals surface area contributed by atoms with Crippen molar-refractivity contribution in [3.05, 3.63) is 47.4 Å². The van der Waals surface area contributed by atoms with Crippen molar-refractivity contribution in [3.8, 4) is 0 Å². The number of nitrogens with one attached hydrogen (secondary N) is 3. The van der Waals surface area contributed by atoms with Crippen molar-refractivity contribution >= 4 is 11.8 Å². The number of anilines is 1. The number of hydrogen-bond acceptors (Lipinski definition) is 3. The molecule has 3 heteroatoms. The Balaban J connectivity index is 1.98. The Labute approximate surface area is 88.9 Å². The van der Waals surface area contributed by atoms with Gasteiger partial charge in [0.25, 0.3) is 0 Å². The molecule has 0 atom stereocenters. The Hall–Kier alpha value is -1.90. The van der Waals surface area contributed by atoms with Gasteiger partial charge < -0.3 is 16.0 Å². The normalized spacial score (nSPS) is 17.9. The van der Waals surface area contributed by atoms with Gasteiger partial charge in [-0.3, -0.25) is 0 Å². The summed E-state index contributed by atoms with van der Waals surface area (Å²) in [5.74, 6) is 1.10. The van der Waals surface area contributed by atoms with Crippen LogP contribution in [-0.4, -0.2) is 13.1 Å². The van der Waals surface area contributed by atoms with E-state index in [-0.39, 0.29) is 0 Å². The third-order valence-corrected chi connectivity index (χ3v) is 2.66. The molecule has 0 aromatic heterocycles. The van der Waals surface area contributed by atoms with E-state index in [1.807, 2.05) is 6.07 Å². The van der Waals surface area contributed by atoms with E-state index in [0.29, 0.717) is 0 Å². The topological polar surface area (TPSA) is 36.1 Å². The lowest BCUT2D eigenvalue weighted by Gasteiger charge is -2.17. The number of para-hydroxylation sites is 1. The summed E-state index contributed by atoms with van der Waals surface area (Å²) in [5.41, 5.74) is 3.52. The number of allylic oxidation sites excluding steroid dienone is 1. The first kappa shape index (κ1) is 8.41.